The van der Waals surface area contributed by atoms with Crippen LogP contribution in [0.5, 0.6) is 5.75 Å². The summed E-state index contributed by atoms with van der Waals surface area (Å²) in [5.74, 6) is 0.851. The molecule has 5 heteroatoms. The molecule has 2 heterocycles. The van der Waals surface area contributed by atoms with E-state index in [1.807, 2.05) is 18.2 Å². The number of ether oxygens (including phenoxy) is 1. The van der Waals surface area contributed by atoms with Crippen molar-refractivity contribution in [3.8, 4) is 5.75 Å². The maximum absolute atomic E-state index is 6.05. The van der Waals surface area contributed by atoms with Gasteiger partial charge in [-0.3, -0.25) is 0 Å². The third-order valence-corrected chi connectivity index (χ3v) is 4.46. The second-order valence-corrected chi connectivity index (χ2v) is 5.81. The van der Waals surface area contributed by atoms with Crippen LogP contribution in [0.15, 0.2) is 34.8 Å². The van der Waals surface area contributed by atoms with Gasteiger partial charge in [0.05, 0.1) is 5.02 Å². The molecular weight excluding hydrogens is 337 g/mol. The van der Waals surface area contributed by atoms with Gasteiger partial charge in [0.15, 0.2) is 0 Å². The number of benzene rings is 1. The van der Waals surface area contributed by atoms with Gasteiger partial charge >= 0.3 is 0 Å². The molecule has 0 amide bonds. The van der Waals surface area contributed by atoms with Gasteiger partial charge in [0.25, 0.3) is 0 Å². The summed E-state index contributed by atoms with van der Waals surface area (Å²) < 4.78 is 6.89. The van der Waals surface area contributed by atoms with Gasteiger partial charge in [0, 0.05) is 29.4 Å². The fraction of sp³-hybridized carbons (Fsp3) is 0.385. The quantitative estimate of drug-likeness (QED) is 0.815. The maximum Gasteiger partial charge on any atom is 0.121 e. The summed E-state index contributed by atoms with van der Waals surface area (Å²) in [6.07, 6.45) is 6.81. The molecule has 2 nitrogen and oxygen atoms in total. The second kappa shape index (κ2) is 5.83. The topological polar surface area (TPSA) is 21.3 Å². The lowest BCUT2D eigenvalue weighted by molar-refractivity contribution is 0.142. The Morgan fingerprint density at radius 2 is 1.89 bits per heavy atom. The molecule has 18 heavy (non-hydrogen) atoms. The summed E-state index contributed by atoms with van der Waals surface area (Å²) in [6.45, 7) is 0. The molecule has 2 aliphatic heterocycles. The molecule has 0 spiro atoms. The summed E-state index contributed by atoms with van der Waals surface area (Å²) >= 11 is 9.43. The second-order valence-electron chi connectivity index (χ2n) is 4.55. The largest absolute Gasteiger partial charge is 0.490 e. The molecule has 0 radical (unpaired) electrons. The molecule has 3 rings (SSSR count). The number of hydrogen-bond donors (Lipinski definition) is 1. The molecule has 1 aromatic carbocycles. The Hall–Kier alpha value is -0.220. The van der Waals surface area contributed by atoms with E-state index in [-0.39, 0.29) is 18.5 Å². The molecule has 1 N–H and O–H groups in total. The summed E-state index contributed by atoms with van der Waals surface area (Å²) in [7, 11) is 0. The summed E-state index contributed by atoms with van der Waals surface area (Å²) in [6, 6.07) is 6.69. The molecule has 0 saturated carbocycles. The molecule has 0 aromatic heterocycles. The van der Waals surface area contributed by atoms with E-state index in [1.165, 1.54) is 0 Å². The third kappa shape index (κ3) is 3.02. The van der Waals surface area contributed by atoms with Crippen LogP contribution in [0.25, 0.3) is 0 Å². The first-order valence-corrected chi connectivity index (χ1v) is 6.94. The van der Waals surface area contributed by atoms with Crippen molar-refractivity contribution in [3.63, 3.8) is 0 Å². The highest BCUT2D eigenvalue weighted by Crippen LogP contribution is 2.30. The van der Waals surface area contributed by atoms with Crippen molar-refractivity contribution in [2.24, 2.45) is 0 Å². The molecule has 1 aromatic rings. The van der Waals surface area contributed by atoms with Gasteiger partial charge < -0.3 is 10.1 Å². The predicted molar refractivity (Wildman–Crippen MR) is 79.9 cm³/mol. The standard InChI is InChI=1S/C13H13BrClNO.ClH/c14-12-4-3-10(7-13(12)15)17-11-5-8-1-2-9(6-11)16-8;/h1-4,7-9,11,16H,5-6H2;1H/t8-,9+,11-;. The van der Waals surface area contributed by atoms with Gasteiger partial charge in [0.1, 0.15) is 11.9 Å². The Balaban J connectivity index is 0.00000120. The maximum atomic E-state index is 6.05. The van der Waals surface area contributed by atoms with Crippen molar-refractivity contribution in [2.45, 2.75) is 31.0 Å². The number of piperidine rings is 1. The van der Waals surface area contributed by atoms with Gasteiger partial charge in [-0.2, -0.15) is 0 Å². The fourth-order valence-electron chi connectivity index (χ4n) is 2.45. The molecule has 3 atom stereocenters. The Morgan fingerprint density at radius 3 is 2.50 bits per heavy atom. The van der Waals surface area contributed by atoms with Crippen LogP contribution >= 0.6 is 39.9 Å². The lowest BCUT2D eigenvalue weighted by atomic mass is 10.0. The zero-order chi connectivity index (χ0) is 11.8. The number of halogens is 3. The molecule has 1 fully saturated rings. The van der Waals surface area contributed by atoms with Crippen LogP contribution in [0.4, 0.5) is 0 Å². The zero-order valence-corrected chi connectivity index (χ0v) is 12.8. The van der Waals surface area contributed by atoms with Gasteiger partial charge in [-0.15, -0.1) is 12.4 Å². The molecule has 2 bridgehead atoms. The number of hydrogen-bond acceptors (Lipinski definition) is 2. The van der Waals surface area contributed by atoms with Gasteiger partial charge in [-0.25, -0.2) is 0 Å². The van der Waals surface area contributed by atoms with Crippen molar-refractivity contribution < 1.29 is 4.74 Å². The van der Waals surface area contributed by atoms with Crippen molar-refractivity contribution in [2.75, 3.05) is 0 Å². The first-order valence-electron chi connectivity index (χ1n) is 5.77. The van der Waals surface area contributed by atoms with E-state index < -0.39 is 0 Å². The first-order chi connectivity index (χ1) is 8.20. The highest BCUT2D eigenvalue weighted by molar-refractivity contribution is 9.10. The minimum Gasteiger partial charge on any atom is -0.490 e. The highest BCUT2D eigenvalue weighted by Gasteiger charge is 2.30. The molecule has 0 aliphatic carbocycles. The molecule has 98 valence electrons. The predicted octanol–water partition coefficient (Wildman–Crippen LogP) is 3.96. The monoisotopic (exact) mass is 349 g/mol. The minimum atomic E-state index is 0. The van der Waals surface area contributed by atoms with Crippen molar-refractivity contribution in [1.82, 2.24) is 5.32 Å². The van der Waals surface area contributed by atoms with E-state index >= 15 is 0 Å². The normalized spacial score (nSPS) is 28.9. The highest BCUT2D eigenvalue weighted by atomic mass is 79.9. The third-order valence-electron chi connectivity index (χ3n) is 3.23. The van der Waals surface area contributed by atoms with Crippen LogP contribution in [0.3, 0.4) is 0 Å². The fourth-order valence-corrected chi connectivity index (χ4v) is 2.87. The van der Waals surface area contributed by atoms with Crippen LogP contribution < -0.4 is 10.1 Å². The van der Waals surface area contributed by atoms with Crippen molar-refractivity contribution in [3.05, 3.63) is 39.8 Å². The molecule has 2 aliphatic rings. The summed E-state index contributed by atoms with van der Waals surface area (Å²) in [5, 5.41) is 4.19. The number of nitrogens with one attached hydrogen (secondary N) is 1. The zero-order valence-electron chi connectivity index (χ0n) is 9.61. The Labute approximate surface area is 126 Å². The van der Waals surface area contributed by atoms with E-state index in [0.29, 0.717) is 17.1 Å². The van der Waals surface area contributed by atoms with Crippen LogP contribution in [-0.2, 0) is 0 Å². The average molecular weight is 351 g/mol. The van der Waals surface area contributed by atoms with Gasteiger partial charge in [-0.05, 0) is 34.1 Å². The van der Waals surface area contributed by atoms with E-state index in [4.69, 9.17) is 16.3 Å². The average Bonchev–Trinajstić information content (AvgIpc) is 2.64. The van der Waals surface area contributed by atoms with Crippen LogP contribution in [0, 0.1) is 0 Å². The lowest BCUT2D eigenvalue weighted by Gasteiger charge is -2.29. The van der Waals surface area contributed by atoms with E-state index in [0.717, 1.165) is 23.1 Å². The first kappa shape index (κ1) is 14.2. The minimum absolute atomic E-state index is 0. The Bertz CT molecular complexity index is 452. The van der Waals surface area contributed by atoms with Crippen LogP contribution in [-0.4, -0.2) is 18.2 Å². The van der Waals surface area contributed by atoms with Gasteiger partial charge in [-0.1, -0.05) is 23.8 Å². The van der Waals surface area contributed by atoms with Crippen molar-refractivity contribution >= 4 is 39.9 Å². The smallest absolute Gasteiger partial charge is 0.121 e. The lowest BCUT2D eigenvalue weighted by Crippen LogP contribution is -2.43. The molecule has 0 unspecified atom stereocenters. The van der Waals surface area contributed by atoms with Crippen molar-refractivity contribution in [1.29, 1.82) is 0 Å². The Kier molecular flexibility index (Phi) is 4.59. The number of fused-ring (bicyclic) bond motifs is 2. The Morgan fingerprint density at radius 1 is 1.22 bits per heavy atom. The summed E-state index contributed by atoms with van der Waals surface area (Å²) in [5.41, 5.74) is 0. The van der Waals surface area contributed by atoms with Crippen LogP contribution in [0.1, 0.15) is 12.8 Å². The van der Waals surface area contributed by atoms with Crippen LogP contribution in [0.2, 0.25) is 5.02 Å². The van der Waals surface area contributed by atoms with E-state index in [2.05, 4.69) is 33.4 Å². The van der Waals surface area contributed by atoms with E-state index in [9.17, 15) is 0 Å². The summed E-state index contributed by atoms with van der Waals surface area (Å²) in [4.78, 5) is 0. The van der Waals surface area contributed by atoms with Gasteiger partial charge in [0.2, 0.25) is 0 Å². The molecular formula is C13H14BrCl2NO. The number of rotatable bonds is 2. The van der Waals surface area contributed by atoms with E-state index in [1.54, 1.807) is 0 Å². The SMILES string of the molecule is Cl.Clc1cc(O[C@@H]2C[C@H]3C=C[C@@H](C2)N3)ccc1Br. The molecule has 1 saturated heterocycles.